The Bertz CT molecular complexity index is 1380. The molecule has 2 rings (SSSR count). The number of hydrogen-bond donors (Lipinski definition) is 7. The van der Waals surface area contributed by atoms with Crippen molar-refractivity contribution in [3.8, 4) is 0 Å². The monoisotopic (exact) mass is 939 g/mol. The Morgan fingerprint density at radius 1 is 0.485 bits per heavy atom. The molecule has 2 fully saturated rings. The van der Waals surface area contributed by atoms with E-state index < -0.39 is 99.3 Å². The molecule has 0 amide bonds. The highest BCUT2D eigenvalue weighted by atomic mass is 16.7. The first-order chi connectivity index (χ1) is 32.0. The first-order valence-electron chi connectivity index (χ1n) is 24.9. The molecule has 0 aliphatic carbocycles. The number of hydrogen-bond acceptors (Lipinski definition) is 15. The molecule has 0 radical (unpaired) electrons. The maximum Gasteiger partial charge on any atom is 0.306 e. The number of aliphatic hydroxyl groups is 7. The van der Waals surface area contributed by atoms with Crippen LogP contribution in [0.3, 0.4) is 0 Å². The van der Waals surface area contributed by atoms with E-state index in [1.165, 1.54) is 32.1 Å². The van der Waals surface area contributed by atoms with E-state index in [1.807, 2.05) is 0 Å². The lowest BCUT2D eigenvalue weighted by atomic mass is 9.98. The van der Waals surface area contributed by atoms with Crippen molar-refractivity contribution in [3.63, 3.8) is 0 Å². The smallest absolute Gasteiger partial charge is 0.306 e. The third kappa shape index (κ3) is 26.1. The van der Waals surface area contributed by atoms with Gasteiger partial charge in [-0.2, -0.15) is 0 Å². The van der Waals surface area contributed by atoms with Gasteiger partial charge >= 0.3 is 11.9 Å². The predicted octanol–water partition coefficient (Wildman–Crippen LogP) is 6.49. The molecule has 380 valence electrons. The molecule has 2 saturated heterocycles. The number of rotatable bonds is 37. The van der Waals surface area contributed by atoms with E-state index in [0.29, 0.717) is 12.8 Å². The van der Waals surface area contributed by atoms with E-state index >= 15 is 0 Å². The summed E-state index contributed by atoms with van der Waals surface area (Å²) >= 11 is 0. The molecular weight excluding hydrogens is 853 g/mol. The second-order valence-electron chi connectivity index (χ2n) is 17.3. The van der Waals surface area contributed by atoms with Crippen molar-refractivity contribution >= 4 is 11.9 Å². The molecule has 0 spiro atoms. The van der Waals surface area contributed by atoms with Crippen molar-refractivity contribution in [2.45, 2.75) is 223 Å². The van der Waals surface area contributed by atoms with Crippen molar-refractivity contribution in [2.24, 2.45) is 0 Å². The largest absolute Gasteiger partial charge is 0.462 e. The molecule has 0 bridgehead atoms. The third-order valence-corrected chi connectivity index (χ3v) is 11.4. The van der Waals surface area contributed by atoms with Crippen LogP contribution < -0.4 is 0 Å². The first kappa shape index (κ1) is 59.3. The van der Waals surface area contributed by atoms with Crippen LogP contribution >= 0.6 is 0 Å². The highest BCUT2D eigenvalue weighted by molar-refractivity contribution is 5.70. The van der Waals surface area contributed by atoms with Crippen LogP contribution in [0.4, 0.5) is 0 Å². The van der Waals surface area contributed by atoms with Crippen LogP contribution in [0, 0.1) is 0 Å². The Morgan fingerprint density at radius 3 is 1.52 bits per heavy atom. The fraction of sp³-hybridized carbons (Fsp3) is 0.765. The molecule has 2 aliphatic heterocycles. The van der Waals surface area contributed by atoms with Gasteiger partial charge in [0, 0.05) is 12.8 Å². The van der Waals surface area contributed by atoms with Crippen LogP contribution in [0.15, 0.2) is 60.8 Å². The lowest BCUT2D eigenvalue weighted by molar-refractivity contribution is -0.332. The molecular formula is C51H86O15. The van der Waals surface area contributed by atoms with E-state index in [0.717, 1.165) is 83.5 Å². The maximum atomic E-state index is 13.0. The fourth-order valence-electron chi connectivity index (χ4n) is 7.32. The van der Waals surface area contributed by atoms with Crippen LogP contribution in [0.5, 0.6) is 0 Å². The van der Waals surface area contributed by atoms with Gasteiger partial charge in [0.15, 0.2) is 18.7 Å². The van der Waals surface area contributed by atoms with E-state index in [1.54, 1.807) is 0 Å². The summed E-state index contributed by atoms with van der Waals surface area (Å²) in [5, 5.41) is 72.0. The van der Waals surface area contributed by atoms with Gasteiger partial charge < -0.3 is 64.2 Å². The van der Waals surface area contributed by atoms with Crippen molar-refractivity contribution in [2.75, 3.05) is 26.4 Å². The quantitative estimate of drug-likeness (QED) is 0.0201. The van der Waals surface area contributed by atoms with Crippen LogP contribution in [0.25, 0.3) is 0 Å². The minimum Gasteiger partial charge on any atom is -0.462 e. The molecule has 7 N–H and O–H groups in total. The summed E-state index contributed by atoms with van der Waals surface area (Å²) in [5.41, 5.74) is 0. The average molecular weight is 939 g/mol. The van der Waals surface area contributed by atoms with Crippen LogP contribution in [-0.2, 0) is 38.0 Å². The minimum absolute atomic E-state index is 0.145. The van der Waals surface area contributed by atoms with Crippen LogP contribution in [0.2, 0.25) is 0 Å². The van der Waals surface area contributed by atoms with Gasteiger partial charge in [-0.15, -0.1) is 0 Å². The normalized spacial score (nSPS) is 26.7. The van der Waals surface area contributed by atoms with Gasteiger partial charge in [0.1, 0.15) is 55.4 Å². The Kier molecular flexibility index (Phi) is 34.2. The average Bonchev–Trinajstić information content (AvgIpc) is 3.31. The number of ether oxygens (including phenoxy) is 6. The molecule has 66 heavy (non-hydrogen) atoms. The Labute approximate surface area is 394 Å². The molecule has 11 atom stereocenters. The molecule has 0 aromatic heterocycles. The van der Waals surface area contributed by atoms with Gasteiger partial charge in [0.2, 0.25) is 0 Å². The lowest BCUT2D eigenvalue weighted by Gasteiger charge is -2.42. The maximum absolute atomic E-state index is 13.0. The molecule has 0 saturated carbocycles. The zero-order valence-corrected chi connectivity index (χ0v) is 39.9. The first-order valence-corrected chi connectivity index (χ1v) is 24.9. The highest BCUT2D eigenvalue weighted by Gasteiger charge is 2.47. The molecule has 0 aromatic carbocycles. The summed E-state index contributed by atoms with van der Waals surface area (Å²) in [6.45, 7) is 2.44. The number of aliphatic hydroxyl groups excluding tert-OH is 7. The molecule has 15 heteroatoms. The van der Waals surface area contributed by atoms with Crippen molar-refractivity contribution < 1.29 is 73.8 Å². The number of carbonyl (C=O) groups is 2. The van der Waals surface area contributed by atoms with Gasteiger partial charge in [-0.05, 0) is 77.0 Å². The number of allylic oxidation sites excluding steroid dienone is 10. The van der Waals surface area contributed by atoms with Gasteiger partial charge in [0.25, 0.3) is 0 Å². The van der Waals surface area contributed by atoms with Gasteiger partial charge in [-0.3, -0.25) is 9.59 Å². The van der Waals surface area contributed by atoms with E-state index in [9.17, 15) is 45.3 Å². The summed E-state index contributed by atoms with van der Waals surface area (Å²) in [5.74, 6) is -0.977. The van der Waals surface area contributed by atoms with E-state index in [-0.39, 0.29) is 19.4 Å². The van der Waals surface area contributed by atoms with E-state index in [4.69, 9.17) is 28.4 Å². The zero-order chi connectivity index (χ0) is 48.2. The second-order valence-corrected chi connectivity index (χ2v) is 17.3. The third-order valence-electron chi connectivity index (χ3n) is 11.4. The Hall–Kier alpha value is -2.80. The Balaban J connectivity index is 1.84. The summed E-state index contributed by atoms with van der Waals surface area (Å²) in [6, 6.07) is 0. The summed E-state index contributed by atoms with van der Waals surface area (Å²) < 4.78 is 33.5. The number of carbonyl (C=O) groups excluding carboxylic acids is 2. The minimum atomic E-state index is -1.77. The summed E-state index contributed by atoms with van der Waals surface area (Å²) in [7, 11) is 0. The van der Waals surface area contributed by atoms with E-state index in [2.05, 4.69) is 74.6 Å². The molecule has 15 nitrogen and oxygen atoms in total. The summed E-state index contributed by atoms with van der Waals surface area (Å²) in [6.07, 6.45) is 25.4. The second kappa shape index (κ2) is 38.1. The van der Waals surface area contributed by atoms with Crippen LogP contribution in [-0.4, -0.2) is 142 Å². The standard InChI is InChI=1S/C51H86O15/c1-3-5-7-9-11-13-15-17-18-19-20-22-23-25-27-29-31-33-42(53)61-36-39(64-43(54)34-32-30-28-26-24-21-16-14-12-10-8-6-4-2)37-62-50-49(60)47(58)45(56)41(66-50)38-63-51-48(59)46(57)44(55)40(35-52)65-51/h7,9,13-16,18-19,22-23,39-41,44-52,55-60H,3-6,8,10-12,17,20-21,24-38H2,1-2H3/b9-7+,15-13+,16-14+,19-18+,23-22+/t39-,40+,41+,44-,45-,46?,47?,48?,49?,50+,51+/m0/s1. The number of esters is 2. The topological polar surface area (TPSA) is 231 Å². The fourth-order valence-corrected chi connectivity index (χ4v) is 7.32. The van der Waals surface area contributed by atoms with Gasteiger partial charge in [-0.1, -0.05) is 126 Å². The van der Waals surface area contributed by atoms with Crippen molar-refractivity contribution in [1.82, 2.24) is 0 Å². The predicted molar refractivity (Wildman–Crippen MR) is 252 cm³/mol. The van der Waals surface area contributed by atoms with Crippen molar-refractivity contribution in [1.29, 1.82) is 0 Å². The van der Waals surface area contributed by atoms with Crippen molar-refractivity contribution in [3.05, 3.63) is 60.8 Å². The highest BCUT2D eigenvalue weighted by Crippen LogP contribution is 2.26. The number of unbranched alkanes of at least 4 members (excludes halogenated alkanes) is 13. The lowest BCUT2D eigenvalue weighted by Crippen LogP contribution is -2.61. The van der Waals surface area contributed by atoms with Gasteiger partial charge in [0.05, 0.1) is 19.8 Å². The zero-order valence-electron chi connectivity index (χ0n) is 39.9. The molecule has 0 aromatic rings. The molecule has 4 unspecified atom stereocenters. The molecule has 2 heterocycles. The summed E-state index contributed by atoms with van der Waals surface area (Å²) in [4.78, 5) is 25.7. The molecule has 2 aliphatic rings. The van der Waals surface area contributed by atoms with Crippen LogP contribution in [0.1, 0.15) is 155 Å². The van der Waals surface area contributed by atoms with Gasteiger partial charge in [-0.25, -0.2) is 0 Å². The SMILES string of the molecule is CCC/C=C/C/C=C/C/C=C/C/C=C/CCCCCC(=O)OC[C@@H](CO[C@@H]1O[C@H](CO[C@@H]2O[C@H](CO)[C@H](O)C(O)C2O)[C@H](O)C(O)C1O)OC(=O)CCCCCCC/C=C/CCCCCC. The Morgan fingerprint density at radius 2 is 0.939 bits per heavy atom.